The molecule has 2 unspecified atom stereocenters. The highest BCUT2D eigenvalue weighted by Crippen LogP contribution is 2.36. The number of hydrogen-bond acceptors (Lipinski definition) is 6. The first-order chi connectivity index (χ1) is 17.0. The summed E-state index contributed by atoms with van der Waals surface area (Å²) in [7, 11) is 3.26. The standard InChI is InChI=1S/C22H28N2O4S.C2HF3O2/c1-27-19-10-14(11-20(12-19)28-2)7-16-5-6-29-21(16)24(22(25)26)13-15-8-17-3-4-18(9-15)23-17;3-2(4,5)1(6)7/h5-6,10-12,15,17-18,23H,3-4,7-9,13H2,1-2H3,(H,25,26);(H,6,7). The Morgan fingerprint density at radius 3 is 2.11 bits per heavy atom. The van der Waals surface area contributed by atoms with E-state index in [9.17, 15) is 23.1 Å². The van der Waals surface area contributed by atoms with Gasteiger partial charge in [0.15, 0.2) is 0 Å². The third-order valence-electron chi connectivity index (χ3n) is 6.26. The first kappa shape index (κ1) is 27.6. The Morgan fingerprint density at radius 2 is 1.64 bits per heavy atom. The van der Waals surface area contributed by atoms with Gasteiger partial charge in [-0.25, -0.2) is 9.59 Å². The first-order valence-electron chi connectivity index (χ1n) is 11.3. The quantitative estimate of drug-likeness (QED) is 0.462. The van der Waals surface area contributed by atoms with Crippen molar-refractivity contribution in [2.24, 2.45) is 5.92 Å². The summed E-state index contributed by atoms with van der Waals surface area (Å²) >= 11 is 1.50. The fourth-order valence-electron chi connectivity index (χ4n) is 4.72. The van der Waals surface area contributed by atoms with Crippen LogP contribution in [-0.2, 0) is 11.2 Å². The summed E-state index contributed by atoms with van der Waals surface area (Å²) in [5, 5.41) is 23.5. The molecule has 0 spiro atoms. The molecule has 1 aromatic carbocycles. The van der Waals surface area contributed by atoms with E-state index in [1.165, 1.54) is 24.2 Å². The molecule has 0 saturated carbocycles. The Kier molecular flexibility index (Phi) is 9.07. The lowest BCUT2D eigenvalue weighted by molar-refractivity contribution is -0.192. The summed E-state index contributed by atoms with van der Waals surface area (Å²) in [5.74, 6) is -0.878. The van der Waals surface area contributed by atoms with E-state index >= 15 is 0 Å². The van der Waals surface area contributed by atoms with Gasteiger partial charge in [-0.05, 0) is 66.3 Å². The maximum atomic E-state index is 12.1. The molecule has 3 N–H and O–H groups in total. The van der Waals surface area contributed by atoms with E-state index in [2.05, 4.69) is 5.32 Å². The van der Waals surface area contributed by atoms with Crippen LogP contribution in [0.1, 0.15) is 36.8 Å². The van der Waals surface area contributed by atoms with Crippen LogP contribution in [0.3, 0.4) is 0 Å². The summed E-state index contributed by atoms with van der Waals surface area (Å²) in [6, 6.07) is 8.92. The van der Waals surface area contributed by atoms with Gasteiger partial charge in [0.05, 0.1) is 14.2 Å². The number of alkyl halides is 3. The third-order valence-corrected chi connectivity index (χ3v) is 7.24. The van der Waals surface area contributed by atoms with Crippen molar-refractivity contribution in [3.05, 3.63) is 40.8 Å². The molecule has 12 heteroatoms. The van der Waals surface area contributed by atoms with E-state index in [1.54, 1.807) is 19.1 Å². The predicted octanol–water partition coefficient (Wildman–Crippen LogP) is 5.00. The maximum Gasteiger partial charge on any atom is 0.490 e. The zero-order chi connectivity index (χ0) is 26.5. The van der Waals surface area contributed by atoms with Crippen LogP contribution in [0.15, 0.2) is 29.6 Å². The van der Waals surface area contributed by atoms with Crippen molar-refractivity contribution in [1.82, 2.24) is 5.32 Å². The van der Waals surface area contributed by atoms with Gasteiger partial charge in [0, 0.05) is 31.1 Å². The third kappa shape index (κ3) is 7.26. The van der Waals surface area contributed by atoms with Crippen molar-refractivity contribution in [2.75, 3.05) is 25.7 Å². The van der Waals surface area contributed by atoms with Crippen LogP contribution in [0.5, 0.6) is 11.5 Å². The number of methoxy groups -OCH3 is 2. The molecule has 1 aromatic heterocycles. The van der Waals surface area contributed by atoms with Gasteiger partial charge in [-0.1, -0.05) is 0 Å². The number of nitrogens with zero attached hydrogens (tertiary/aromatic N) is 1. The van der Waals surface area contributed by atoms with Crippen molar-refractivity contribution in [2.45, 2.75) is 50.4 Å². The van der Waals surface area contributed by atoms with E-state index in [-0.39, 0.29) is 0 Å². The molecule has 2 aromatic rings. The average molecular weight is 531 g/mol. The van der Waals surface area contributed by atoms with E-state index in [0.717, 1.165) is 40.5 Å². The lowest BCUT2D eigenvalue weighted by Gasteiger charge is -2.32. The maximum absolute atomic E-state index is 12.1. The molecule has 2 aliphatic heterocycles. The summed E-state index contributed by atoms with van der Waals surface area (Å²) in [4.78, 5) is 22.6. The highest BCUT2D eigenvalue weighted by Gasteiger charge is 2.38. The molecule has 2 saturated heterocycles. The number of aliphatic carboxylic acids is 1. The van der Waals surface area contributed by atoms with Crippen LogP contribution in [0, 0.1) is 5.92 Å². The summed E-state index contributed by atoms with van der Waals surface area (Å²) in [6.07, 6.45) is -0.759. The fraction of sp³-hybridized carbons (Fsp3) is 0.500. The molecular weight excluding hydrogens is 501 g/mol. The zero-order valence-corrected chi connectivity index (χ0v) is 20.7. The first-order valence-corrected chi connectivity index (χ1v) is 12.2. The number of carboxylic acid groups (broad SMARTS) is 2. The molecule has 0 radical (unpaired) electrons. The number of ether oxygens (including phenoxy) is 2. The van der Waals surface area contributed by atoms with Gasteiger partial charge >= 0.3 is 18.2 Å². The van der Waals surface area contributed by atoms with Crippen LogP contribution in [0.2, 0.25) is 0 Å². The number of piperidine rings is 1. The molecule has 3 heterocycles. The second kappa shape index (κ2) is 11.8. The van der Waals surface area contributed by atoms with Crippen LogP contribution in [-0.4, -0.2) is 61.3 Å². The van der Waals surface area contributed by atoms with Gasteiger partial charge in [0.25, 0.3) is 0 Å². The minimum absolute atomic E-state index is 0.414. The Labute approximate surface area is 210 Å². The molecular formula is C24H29F3N2O6S. The van der Waals surface area contributed by atoms with E-state index < -0.39 is 18.2 Å². The average Bonchev–Trinajstić information content (AvgIpc) is 3.41. The number of carboxylic acids is 1. The summed E-state index contributed by atoms with van der Waals surface area (Å²) < 4.78 is 42.5. The van der Waals surface area contributed by atoms with Crippen LogP contribution < -0.4 is 19.7 Å². The van der Waals surface area contributed by atoms with E-state index in [4.69, 9.17) is 19.4 Å². The SMILES string of the molecule is COc1cc(Cc2ccsc2N(CC2CC3CCC(C2)N3)C(=O)O)cc(OC)c1.O=C(O)C(F)(F)F. The van der Waals surface area contributed by atoms with Gasteiger partial charge < -0.3 is 25.0 Å². The Balaban J connectivity index is 0.000000454. The molecule has 4 rings (SSSR count). The number of halogens is 3. The summed E-state index contributed by atoms with van der Waals surface area (Å²) in [5.41, 5.74) is 2.05. The number of thiophene rings is 1. The minimum Gasteiger partial charge on any atom is -0.497 e. The molecule has 8 nitrogen and oxygen atoms in total. The van der Waals surface area contributed by atoms with Gasteiger partial charge in [-0.2, -0.15) is 13.2 Å². The van der Waals surface area contributed by atoms with Crippen molar-refractivity contribution < 1.29 is 42.4 Å². The Hall–Kier alpha value is -2.99. The predicted molar refractivity (Wildman–Crippen MR) is 128 cm³/mol. The molecule has 2 aliphatic rings. The molecule has 2 bridgehead atoms. The fourth-order valence-corrected chi connectivity index (χ4v) is 5.65. The highest BCUT2D eigenvalue weighted by atomic mass is 32.1. The van der Waals surface area contributed by atoms with Crippen LogP contribution in [0.4, 0.5) is 23.0 Å². The Morgan fingerprint density at radius 1 is 1.08 bits per heavy atom. The van der Waals surface area contributed by atoms with Gasteiger partial charge in [-0.3, -0.25) is 4.90 Å². The van der Waals surface area contributed by atoms with Crippen molar-refractivity contribution >= 4 is 28.4 Å². The lowest BCUT2D eigenvalue weighted by Crippen LogP contribution is -2.43. The largest absolute Gasteiger partial charge is 0.497 e. The van der Waals surface area contributed by atoms with Gasteiger partial charge in [0.1, 0.15) is 16.5 Å². The molecule has 0 aliphatic carbocycles. The van der Waals surface area contributed by atoms with Gasteiger partial charge in [-0.15, -0.1) is 11.3 Å². The van der Waals surface area contributed by atoms with Crippen molar-refractivity contribution in [1.29, 1.82) is 0 Å². The van der Waals surface area contributed by atoms with Crippen LogP contribution in [0.25, 0.3) is 0 Å². The number of benzene rings is 1. The molecule has 2 fully saturated rings. The number of fused-ring (bicyclic) bond motifs is 2. The lowest BCUT2D eigenvalue weighted by atomic mass is 9.92. The Bertz CT molecular complexity index is 1030. The van der Waals surface area contributed by atoms with E-state index in [1.807, 2.05) is 29.6 Å². The molecule has 2 atom stereocenters. The number of hydrogen-bond donors (Lipinski definition) is 3. The summed E-state index contributed by atoms with van der Waals surface area (Å²) in [6.45, 7) is 0.568. The monoisotopic (exact) mass is 530 g/mol. The topological polar surface area (TPSA) is 108 Å². The number of nitrogens with one attached hydrogen (secondary N) is 1. The minimum atomic E-state index is -5.08. The normalized spacial score (nSPS) is 20.8. The second-order valence-electron chi connectivity index (χ2n) is 8.82. The van der Waals surface area contributed by atoms with Crippen molar-refractivity contribution in [3.63, 3.8) is 0 Å². The van der Waals surface area contributed by atoms with E-state index in [0.29, 0.717) is 31.0 Å². The van der Waals surface area contributed by atoms with Crippen LogP contribution >= 0.6 is 11.3 Å². The number of anilines is 1. The highest BCUT2D eigenvalue weighted by molar-refractivity contribution is 7.14. The van der Waals surface area contributed by atoms with Gasteiger partial charge in [0.2, 0.25) is 0 Å². The number of rotatable bonds is 7. The molecule has 36 heavy (non-hydrogen) atoms. The molecule has 198 valence electrons. The zero-order valence-electron chi connectivity index (χ0n) is 19.9. The molecule has 1 amide bonds. The second-order valence-corrected chi connectivity index (χ2v) is 9.71. The number of carbonyl (C=O) groups is 2. The smallest absolute Gasteiger partial charge is 0.490 e. The number of amides is 1. The van der Waals surface area contributed by atoms with Crippen molar-refractivity contribution in [3.8, 4) is 11.5 Å².